The molecule has 1 aliphatic carbocycles. The molecule has 0 heterocycles. The molecule has 2 heteroatoms. The van der Waals surface area contributed by atoms with Crippen LogP contribution in [0.1, 0.15) is 84.0 Å². The number of methoxy groups -OCH3 is 1. The van der Waals surface area contributed by atoms with Crippen molar-refractivity contribution in [3.8, 4) is 0 Å². The molecule has 0 aromatic carbocycles. The quantitative estimate of drug-likeness (QED) is 0.242. The Hall–Kier alpha value is -1.05. The van der Waals surface area contributed by atoms with Gasteiger partial charge >= 0.3 is 5.97 Å². The Morgan fingerprint density at radius 2 is 1.65 bits per heavy atom. The van der Waals surface area contributed by atoms with Crippen molar-refractivity contribution in [2.75, 3.05) is 7.11 Å². The smallest absolute Gasteiger partial charge is 0.309 e. The zero-order chi connectivity index (χ0) is 16.8. The second-order valence-corrected chi connectivity index (χ2v) is 6.84. The Balaban J connectivity index is 2.07. The summed E-state index contributed by atoms with van der Waals surface area (Å²) in [7, 11) is 1.44. The van der Waals surface area contributed by atoms with E-state index in [1.54, 1.807) is 0 Å². The van der Waals surface area contributed by atoms with E-state index in [4.69, 9.17) is 0 Å². The van der Waals surface area contributed by atoms with Gasteiger partial charge in [0.1, 0.15) is 0 Å². The van der Waals surface area contributed by atoms with E-state index in [1.807, 2.05) is 6.08 Å². The van der Waals surface area contributed by atoms with Crippen LogP contribution >= 0.6 is 0 Å². The van der Waals surface area contributed by atoms with Crippen LogP contribution in [0.2, 0.25) is 0 Å². The molecule has 23 heavy (non-hydrogen) atoms. The van der Waals surface area contributed by atoms with Gasteiger partial charge in [0.2, 0.25) is 0 Å². The zero-order valence-corrected chi connectivity index (χ0v) is 15.3. The fraction of sp³-hybridized carbons (Fsp3) is 0.762. The van der Waals surface area contributed by atoms with E-state index < -0.39 is 0 Å². The van der Waals surface area contributed by atoms with Gasteiger partial charge in [0.25, 0.3) is 0 Å². The largest absolute Gasteiger partial charge is 0.469 e. The Morgan fingerprint density at radius 1 is 0.957 bits per heavy atom. The molecule has 1 fully saturated rings. The Morgan fingerprint density at radius 3 is 2.35 bits per heavy atom. The number of rotatable bonds is 12. The van der Waals surface area contributed by atoms with Gasteiger partial charge in [-0.1, -0.05) is 62.8 Å². The highest BCUT2D eigenvalue weighted by Gasteiger charge is 2.25. The minimum atomic E-state index is -0.147. The van der Waals surface area contributed by atoms with Gasteiger partial charge in [-0.3, -0.25) is 4.79 Å². The van der Waals surface area contributed by atoms with Gasteiger partial charge < -0.3 is 4.74 Å². The lowest BCUT2D eigenvalue weighted by molar-refractivity contribution is -0.139. The van der Waals surface area contributed by atoms with Crippen molar-refractivity contribution < 1.29 is 9.53 Å². The summed E-state index contributed by atoms with van der Waals surface area (Å²) in [6.45, 7) is 2.10. The first kappa shape index (κ1) is 20.0. The van der Waals surface area contributed by atoms with E-state index in [0.29, 0.717) is 6.42 Å². The predicted octanol–water partition coefficient (Wildman–Crippen LogP) is 6.22. The topological polar surface area (TPSA) is 26.3 Å². The van der Waals surface area contributed by atoms with Crippen molar-refractivity contribution in [2.24, 2.45) is 11.8 Å². The van der Waals surface area contributed by atoms with Crippen LogP contribution in [0.4, 0.5) is 0 Å². The van der Waals surface area contributed by atoms with E-state index in [-0.39, 0.29) is 5.97 Å². The summed E-state index contributed by atoms with van der Waals surface area (Å²) < 4.78 is 4.63. The van der Waals surface area contributed by atoms with Crippen LogP contribution in [-0.2, 0) is 9.53 Å². The molecule has 2 nitrogen and oxygen atoms in total. The molecule has 0 N–H and O–H groups in total. The van der Waals surface area contributed by atoms with E-state index in [1.165, 1.54) is 71.3 Å². The first-order chi connectivity index (χ1) is 11.3. The number of carbonyl (C=O) groups excluding carboxylic acids is 1. The van der Waals surface area contributed by atoms with E-state index in [9.17, 15) is 4.79 Å². The summed E-state index contributed by atoms with van der Waals surface area (Å²) in [6, 6.07) is 0. The number of unbranched alkanes of at least 4 members (excludes halogenated alkanes) is 4. The van der Waals surface area contributed by atoms with Crippen molar-refractivity contribution in [1.29, 1.82) is 0 Å². The van der Waals surface area contributed by atoms with Crippen LogP contribution in [0, 0.1) is 11.8 Å². The first-order valence-electron chi connectivity index (χ1n) is 9.61. The molecule has 0 bridgehead atoms. The van der Waals surface area contributed by atoms with Crippen molar-refractivity contribution in [3.05, 3.63) is 24.3 Å². The number of allylic oxidation sites excluding steroid dienone is 3. The van der Waals surface area contributed by atoms with Gasteiger partial charge in [0.15, 0.2) is 0 Å². The molecule has 1 aliphatic rings. The molecule has 0 amide bonds. The summed E-state index contributed by atoms with van der Waals surface area (Å²) in [5, 5.41) is 0. The number of hydrogen-bond acceptors (Lipinski definition) is 2. The fourth-order valence-corrected chi connectivity index (χ4v) is 3.76. The molecule has 0 aromatic heterocycles. The molecule has 0 spiro atoms. The summed E-state index contributed by atoms with van der Waals surface area (Å²) >= 11 is 0. The molecule has 0 aliphatic heterocycles. The highest BCUT2D eigenvalue weighted by Crippen LogP contribution is 2.38. The third kappa shape index (κ3) is 9.63. The van der Waals surface area contributed by atoms with Crippen molar-refractivity contribution in [3.63, 3.8) is 0 Å². The summed E-state index contributed by atoms with van der Waals surface area (Å²) in [5.41, 5.74) is 0. The lowest BCUT2D eigenvalue weighted by Gasteiger charge is -2.19. The van der Waals surface area contributed by atoms with Crippen LogP contribution in [-0.4, -0.2) is 13.1 Å². The van der Waals surface area contributed by atoms with Crippen molar-refractivity contribution in [1.82, 2.24) is 0 Å². The molecule has 2 atom stereocenters. The van der Waals surface area contributed by atoms with Crippen molar-refractivity contribution >= 4 is 5.97 Å². The monoisotopic (exact) mass is 320 g/mol. The Kier molecular flexibility index (Phi) is 11.6. The van der Waals surface area contributed by atoms with Gasteiger partial charge in [-0.05, 0) is 50.9 Å². The third-order valence-corrected chi connectivity index (χ3v) is 5.12. The minimum Gasteiger partial charge on any atom is -0.469 e. The summed E-state index contributed by atoms with van der Waals surface area (Å²) in [5.74, 6) is 1.79. The van der Waals surface area contributed by atoms with Crippen LogP contribution in [0.25, 0.3) is 0 Å². The normalized spacial score (nSPS) is 21.5. The lowest BCUT2D eigenvalue weighted by Crippen LogP contribution is -2.07. The van der Waals surface area contributed by atoms with Gasteiger partial charge in [-0.25, -0.2) is 0 Å². The molecule has 0 unspecified atom stereocenters. The maximum absolute atomic E-state index is 11.0. The number of hydrogen-bond donors (Lipinski definition) is 0. The molecule has 132 valence electrons. The second-order valence-electron chi connectivity index (χ2n) is 6.84. The van der Waals surface area contributed by atoms with Crippen molar-refractivity contribution in [2.45, 2.75) is 84.0 Å². The second kappa shape index (κ2) is 13.4. The van der Waals surface area contributed by atoms with Crippen LogP contribution in [0.5, 0.6) is 0 Å². The lowest BCUT2D eigenvalue weighted by atomic mass is 9.87. The third-order valence-electron chi connectivity index (χ3n) is 5.12. The van der Waals surface area contributed by atoms with Gasteiger partial charge in [0.05, 0.1) is 13.5 Å². The molecular formula is C21H36O2. The Bertz CT molecular complexity index is 357. The molecule has 1 saturated carbocycles. The molecule has 1 rings (SSSR count). The van der Waals surface area contributed by atoms with Gasteiger partial charge in [0, 0.05) is 0 Å². The predicted molar refractivity (Wildman–Crippen MR) is 98.4 cm³/mol. The molecule has 0 saturated heterocycles. The fourth-order valence-electron chi connectivity index (χ4n) is 3.76. The zero-order valence-electron chi connectivity index (χ0n) is 15.3. The first-order valence-corrected chi connectivity index (χ1v) is 9.61. The van der Waals surface area contributed by atoms with E-state index in [2.05, 4.69) is 29.9 Å². The van der Waals surface area contributed by atoms with Gasteiger partial charge in [-0.2, -0.15) is 0 Å². The SMILES string of the molecule is CC=CCCCCC[C@H]1CCC[C@@H]1CCCC=CCC(=O)OC. The molecule has 0 radical (unpaired) electrons. The maximum Gasteiger partial charge on any atom is 0.309 e. The van der Waals surface area contributed by atoms with Gasteiger partial charge in [-0.15, -0.1) is 0 Å². The number of ether oxygens (including phenoxy) is 1. The highest BCUT2D eigenvalue weighted by atomic mass is 16.5. The average molecular weight is 321 g/mol. The molecule has 0 aromatic rings. The minimum absolute atomic E-state index is 0.147. The highest BCUT2D eigenvalue weighted by molar-refractivity contribution is 5.70. The number of esters is 1. The van der Waals surface area contributed by atoms with E-state index in [0.717, 1.165) is 18.3 Å². The van der Waals surface area contributed by atoms with Crippen LogP contribution in [0.3, 0.4) is 0 Å². The maximum atomic E-state index is 11.0. The average Bonchev–Trinajstić information content (AvgIpc) is 3.01. The Labute approximate surface area is 143 Å². The number of carbonyl (C=O) groups is 1. The summed E-state index contributed by atoms with van der Waals surface area (Å²) in [6.07, 6.45) is 23.9. The van der Waals surface area contributed by atoms with Crippen LogP contribution < -0.4 is 0 Å². The van der Waals surface area contributed by atoms with E-state index >= 15 is 0 Å². The van der Waals surface area contributed by atoms with Crippen LogP contribution in [0.15, 0.2) is 24.3 Å². The summed E-state index contributed by atoms with van der Waals surface area (Å²) in [4.78, 5) is 11.0. The molecular weight excluding hydrogens is 284 g/mol. The standard InChI is InChI=1S/C21H36O2/c1-3-4-5-6-7-10-14-19-16-13-17-20(19)15-11-8-9-12-18-21(22)23-2/h3-4,9,12,19-20H,5-8,10-11,13-18H2,1-2H3/t19-,20-/m0/s1.